The van der Waals surface area contributed by atoms with Crippen molar-refractivity contribution in [2.24, 2.45) is 0 Å². The normalized spacial score (nSPS) is 12.0. The fraction of sp³-hybridized carbons (Fsp3) is 0.263. The summed E-state index contributed by atoms with van der Waals surface area (Å²) in [4.78, 5) is 12.7. The van der Waals surface area contributed by atoms with Gasteiger partial charge in [-0.05, 0) is 66.2 Å². The van der Waals surface area contributed by atoms with Gasteiger partial charge in [0.1, 0.15) is 5.82 Å². The Morgan fingerprint density at radius 2 is 2.11 bits per heavy atom. The monoisotopic (exact) mass is 403 g/mol. The van der Waals surface area contributed by atoms with Crippen LogP contribution in [0.5, 0.6) is 0 Å². The first-order valence-electron chi connectivity index (χ1n) is 8.54. The molecule has 0 aliphatic carbocycles. The van der Waals surface area contributed by atoms with Crippen LogP contribution in [-0.4, -0.2) is 45.9 Å². The van der Waals surface area contributed by atoms with E-state index in [0.29, 0.717) is 39.8 Å². The minimum absolute atomic E-state index is 0.188. The third-order valence-electron chi connectivity index (χ3n) is 4.09. The van der Waals surface area contributed by atoms with Crippen molar-refractivity contribution in [3.05, 3.63) is 58.6 Å². The van der Waals surface area contributed by atoms with Gasteiger partial charge in [-0.15, -0.1) is 5.10 Å². The Balaban J connectivity index is 2.09. The summed E-state index contributed by atoms with van der Waals surface area (Å²) in [5.41, 5.74) is 1.71. The van der Waals surface area contributed by atoms with Crippen LogP contribution in [0.3, 0.4) is 0 Å². The molecule has 1 aromatic heterocycles. The van der Waals surface area contributed by atoms with Crippen LogP contribution in [0.4, 0.5) is 4.39 Å². The van der Waals surface area contributed by atoms with Crippen molar-refractivity contribution < 1.29 is 13.9 Å². The van der Waals surface area contributed by atoms with Gasteiger partial charge < -0.3 is 10.1 Å². The number of hydrogen-bond acceptors (Lipinski definition) is 5. The fourth-order valence-corrected chi connectivity index (χ4v) is 2.97. The number of ether oxygens (including phenoxy) is 1. The van der Waals surface area contributed by atoms with Gasteiger partial charge in [-0.2, -0.15) is 4.68 Å². The molecular formula is C19H19ClFN5O2. The highest BCUT2D eigenvalue weighted by Gasteiger charge is 2.16. The molecule has 1 heterocycles. The predicted molar refractivity (Wildman–Crippen MR) is 103 cm³/mol. The molecular weight excluding hydrogens is 385 g/mol. The second-order valence-corrected chi connectivity index (χ2v) is 6.80. The van der Waals surface area contributed by atoms with Gasteiger partial charge in [-0.3, -0.25) is 4.79 Å². The summed E-state index contributed by atoms with van der Waals surface area (Å²) in [6, 6.07) is 9.18. The van der Waals surface area contributed by atoms with Crippen molar-refractivity contribution in [3.63, 3.8) is 0 Å². The molecule has 1 N–H and O–H groups in total. The number of hydrogen-bond donors (Lipinski definition) is 1. The topological polar surface area (TPSA) is 81.9 Å². The predicted octanol–water partition coefficient (Wildman–Crippen LogP) is 3.19. The molecule has 0 fully saturated rings. The smallest absolute Gasteiger partial charge is 0.251 e. The number of halogens is 2. The second-order valence-electron chi connectivity index (χ2n) is 6.36. The number of rotatable bonds is 6. The van der Waals surface area contributed by atoms with Crippen LogP contribution < -0.4 is 5.32 Å². The molecule has 7 nitrogen and oxygen atoms in total. The Labute approximate surface area is 166 Å². The van der Waals surface area contributed by atoms with Crippen molar-refractivity contribution >= 4 is 17.5 Å². The molecule has 0 aliphatic heterocycles. The number of carbonyl (C=O) groups is 1. The summed E-state index contributed by atoms with van der Waals surface area (Å²) in [7, 11) is 1.56. The number of methoxy groups -OCH3 is 1. The minimum atomic E-state index is -0.489. The summed E-state index contributed by atoms with van der Waals surface area (Å²) in [5, 5.41) is 14.6. The molecule has 0 saturated heterocycles. The van der Waals surface area contributed by atoms with Crippen LogP contribution in [0.15, 0.2) is 36.4 Å². The highest BCUT2D eigenvalue weighted by Crippen LogP contribution is 2.28. The van der Waals surface area contributed by atoms with E-state index in [1.54, 1.807) is 44.4 Å². The van der Waals surface area contributed by atoms with Gasteiger partial charge in [0.15, 0.2) is 5.82 Å². The van der Waals surface area contributed by atoms with E-state index >= 15 is 0 Å². The molecule has 1 amide bonds. The van der Waals surface area contributed by atoms with Crippen LogP contribution in [0.2, 0.25) is 5.02 Å². The number of aryl methyl sites for hydroxylation is 1. The summed E-state index contributed by atoms with van der Waals surface area (Å²) in [6.45, 7) is 3.93. The molecule has 0 spiro atoms. The summed E-state index contributed by atoms with van der Waals surface area (Å²) in [6.07, 6.45) is 0. The van der Waals surface area contributed by atoms with E-state index in [4.69, 9.17) is 16.3 Å². The highest BCUT2D eigenvalue weighted by atomic mass is 35.5. The Bertz CT molecular complexity index is 1010. The SMILES string of the molecule is COCC(C)NC(=O)c1cc(-c2ccc(Cl)cc2F)cc(-n2nnnc2C)c1. The number of amides is 1. The molecule has 3 rings (SSSR count). The summed E-state index contributed by atoms with van der Waals surface area (Å²) >= 11 is 5.86. The van der Waals surface area contributed by atoms with E-state index in [-0.39, 0.29) is 11.9 Å². The second kappa shape index (κ2) is 8.45. The molecule has 2 aromatic carbocycles. The Hall–Kier alpha value is -2.84. The zero-order valence-electron chi connectivity index (χ0n) is 15.6. The maximum Gasteiger partial charge on any atom is 0.251 e. The largest absolute Gasteiger partial charge is 0.383 e. The maximum atomic E-state index is 14.5. The standard InChI is InChI=1S/C19H19ClFN5O2/c1-11(10-28-3)22-19(27)14-6-13(17-5-4-15(20)9-18(17)21)7-16(8-14)26-12(2)23-24-25-26/h4-9,11H,10H2,1-3H3,(H,22,27). The van der Waals surface area contributed by atoms with Gasteiger partial charge in [0.25, 0.3) is 5.91 Å². The Morgan fingerprint density at radius 3 is 2.75 bits per heavy atom. The first-order valence-corrected chi connectivity index (χ1v) is 8.92. The molecule has 146 valence electrons. The van der Waals surface area contributed by atoms with Gasteiger partial charge in [-0.25, -0.2) is 4.39 Å². The number of carbonyl (C=O) groups excluding carboxylic acids is 1. The van der Waals surface area contributed by atoms with E-state index in [2.05, 4.69) is 20.8 Å². The lowest BCUT2D eigenvalue weighted by molar-refractivity contribution is 0.0905. The molecule has 0 bridgehead atoms. The van der Waals surface area contributed by atoms with Crippen molar-refractivity contribution in [1.82, 2.24) is 25.5 Å². The van der Waals surface area contributed by atoms with E-state index in [9.17, 15) is 9.18 Å². The molecule has 1 unspecified atom stereocenters. The number of nitrogens with zero attached hydrogens (tertiary/aromatic N) is 4. The number of nitrogens with one attached hydrogen (secondary N) is 1. The van der Waals surface area contributed by atoms with Crippen molar-refractivity contribution in [3.8, 4) is 16.8 Å². The summed E-state index contributed by atoms with van der Waals surface area (Å²) < 4.78 is 21.0. The molecule has 9 heteroatoms. The molecule has 0 saturated carbocycles. The van der Waals surface area contributed by atoms with Gasteiger partial charge in [0.05, 0.1) is 12.3 Å². The molecule has 1 atom stereocenters. The lowest BCUT2D eigenvalue weighted by Crippen LogP contribution is -2.35. The fourth-order valence-electron chi connectivity index (χ4n) is 2.81. The maximum absolute atomic E-state index is 14.5. The lowest BCUT2D eigenvalue weighted by Gasteiger charge is -2.15. The van der Waals surface area contributed by atoms with Gasteiger partial charge in [0.2, 0.25) is 0 Å². The van der Waals surface area contributed by atoms with Crippen LogP contribution in [-0.2, 0) is 4.74 Å². The van der Waals surface area contributed by atoms with Crippen molar-refractivity contribution in [2.75, 3.05) is 13.7 Å². The van der Waals surface area contributed by atoms with Crippen LogP contribution in [0.1, 0.15) is 23.1 Å². The average Bonchev–Trinajstić information content (AvgIpc) is 3.07. The van der Waals surface area contributed by atoms with E-state index in [0.717, 1.165) is 0 Å². The quantitative estimate of drug-likeness (QED) is 0.683. The van der Waals surface area contributed by atoms with Crippen LogP contribution in [0.25, 0.3) is 16.8 Å². The van der Waals surface area contributed by atoms with E-state index in [1.807, 2.05) is 6.92 Å². The lowest BCUT2D eigenvalue weighted by atomic mass is 10.0. The minimum Gasteiger partial charge on any atom is -0.383 e. The highest BCUT2D eigenvalue weighted by molar-refractivity contribution is 6.30. The van der Waals surface area contributed by atoms with Gasteiger partial charge in [0, 0.05) is 29.3 Å². The van der Waals surface area contributed by atoms with Crippen LogP contribution >= 0.6 is 11.6 Å². The Kier molecular flexibility index (Phi) is 6.01. The average molecular weight is 404 g/mol. The van der Waals surface area contributed by atoms with Gasteiger partial charge >= 0.3 is 0 Å². The number of aromatic nitrogens is 4. The summed E-state index contributed by atoms with van der Waals surface area (Å²) in [5.74, 6) is -0.266. The molecule has 0 aliphatic rings. The molecule has 3 aromatic rings. The van der Waals surface area contributed by atoms with Crippen molar-refractivity contribution in [2.45, 2.75) is 19.9 Å². The van der Waals surface area contributed by atoms with Crippen LogP contribution in [0, 0.1) is 12.7 Å². The Morgan fingerprint density at radius 1 is 1.32 bits per heavy atom. The zero-order chi connectivity index (χ0) is 20.3. The third-order valence-corrected chi connectivity index (χ3v) is 4.32. The number of benzene rings is 2. The number of tetrazole rings is 1. The van der Waals surface area contributed by atoms with Gasteiger partial charge in [-0.1, -0.05) is 11.6 Å². The molecule has 28 heavy (non-hydrogen) atoms. The van der Waals surface area contributed by atoms with E-state index < -0.39 is 5.82 Å². The first kappa shape index (κ1) is 19.9. The van der Waals surface area contributed by atoms with Crippen molar-refractivity contribution in [1.29, 1.82) is 0 Å². The van der Waals surface area contributed by atoms with E-state index in [1.165, 1.54) is 10.7 Å². The first-order chi connectivity index (χ1) is 13.4. The third kappa shape index (κ3) is 4.35. The molecule has 0 radical (unpaired) electrons. The zero-order valence-corrected chi connectivity index (χ0v) is 16.4.